The quantitative estimate of drug-likeness (QED) is 0.0228. The maximum Gasteiger partial charge on any atom is 0.326 e. The molecular weight excluding hydrogens is 1090 g/mol. The van der Waals surface area contributed by atoms with E-state index in [1.807, 2.05) is 0 Å². The zero-order valence-corrected chi connectivity index (χ0v) is 49.2. The Kier molecular flexibility index (Phi) is 28.7. The minimum atomic E-state index is -1.72. The third-order valence-corrected chi connectivity index (χ3v) is 16.6. The fraction of sp³-hybridized carbons (Fsp3) is 0.796. The van der Waals surface area contributed by atoms with Gasteiger partial charge in [-0.3, -0.25) is 47.9 Å². The molecule has 0 bridgehead atoms. The molecule has 28 heteroatoms. The summed E-state index contributed by atoms with van der Waals surface area (Å²) < 4.78 is 0. The average molecular weight is 1180 g/mol. The predicted molar refractivity (Wildman–Crippen MR) is 304 cm³/mol. The van der Waals surface area contributed by atoms with Crippen LogP contribution in [0.4, 0.5) is 0 Å². The van der Waals surface area contributed by atoms with Crippen molar-refractivity contribution in [1.82, 2.24) is 57.2 Å². The monoisotopic (exact) mass is 1180 g/mol. The van der Waals surface area contributed by atoms with Crippen LogP contribution in [-0.4, -0.2) is 219 Å². The van der Waals surface area contributed by atoms with Gasteiger partial charge in [0.15, 0.2) is 0 Å². The van der Waals surface area contributed by atoms with Crippen LogP contribution in [0.15, 0.2) is 0 Å². The number of aliphatic carboxylic acids is 1. The number of carbonyl (C=O) groups excluding carboxylic acids is 10. The second-order valence-corrected chi connectivity index (χ2v) is 22.6. The summed E-state index contributed by atoms with van der Waals surface area (Å²) >= 11 is 4.27. The van der Waals surface area contributed by atoms with Crippen molar-refractivity contribution in [1.29, 1.82) is 0 Å². The highest BCUT2D eigenvalue weighted by molar-refractivity contribution is 7.80. The normalized spacial score (nSPS) is 22.5. The summed E-state index contributed by atoms with van der Waals surface area (Å²) in [5.41, 5.74) is 11.5. The van der Waals surface area contributed by atoms with E-state index < -0.39 is 138 Å². The van der Waals surface area contributed by atoms with Gasteiger partial charge < -0.3 is 84.0 Å². The van der Waals surface area contributed by atoms with Crippen molar-refractivity contribution in [2.24, 2.45) is 23.3 Å². The van der Waals surface area contributed by atoms with Gasteiger partial charge in [-0.25, -0.2) is 4.79 Å². The molecular formula is C54H93N13O14S. The van der Waals surface area contributed by atoms with Crippen molar-refractivity contribution in [3.63, 3.8) is 0 Å². The van der Waals surface area contributed by atoms with E-state index in [0.29, 0.717) is 90.3 Å². The maximum absolute atomic E-state index is 14.5. The maximum atomic E-state index is 14.5. The number of nitrogens with one attached hydrogen (secondary N) is 8. The molecule has 15 N–H and O–H groups in total. The van der Waals surface area contributed by atoms with E-state index in [0.717, 1.165) is 6.42 Å². The second-order valence-electron chi connectivity index (χ2n) is 22.2. The van der Waals surface area contributed by atoms with Gasteiger partial charge in [0, 0.05) is 25.4 Å². The SMILES string of the molecule is CC[C@H](C)[C@H](NC(=O)[C@@H]1CCCN1C(=O)[C@@H]1CCCN1C(=O)[C@@H](NC(=O)[C@H](CO)NC(=O)[C@H](CCCCN)NC(=O)[C@@H](NC(=O)[C@H](CS)NC(=O)[C@H](CCCCN)NC(=O)[C@@H]1CCCN1C(=O)[C@@H]1CCCN1)[C@@H](C)O)[C@@H](C)CC)C(=O)O. The van der Waals surface area contributed by atoms with E-state index in [2.05, 4.69) is 55.2 Å². The summed E-state index contributed by atoms with van der Waals surface area (Å²) in [5, 5.41) is 52.3. The Morgan fingerprint density at radius 3 is 1.51 bits per heavy atom. The number of aliphatic hydroxyl groups is 2. The van der Waals surface area contributed by atoms with Gasteiger partial charge in [0.1, 0.15) is 60.4 Å². The van der Waals surface area contributed by atoms with E-state index in [4.69, 9.17) is 11.5 Å². The van der Waals surface area contributed by atoms with Crippen LogP contribution in [0, 0.1) is 11.8 Å². The molecule has 10 amide bonds. The molecule has 4 fully saturated rings. The number of aliphatic hydroxyl groups excluding tert-OH is 2. The lowest BCUT2D eigenvalue weighted by Gasteiger charge is -2.35. The zero-order chi connectivity index (χ0) is 60.8. The van der Waals surface area contributed by atoms with Gasteiger partial charge in [-0.15, -0.1) is 0 Å². The van der Waals surface area contributed by atoms with Gasteiger partial charge in [0.2, 0.25) is 59.1 Å². The Morgan fingerprint density at radius 2 is 1.01 bits per heavy atom. The van der Waals surface area contributed by atoms with E-state index in [9.17, 15) is 68.1 Å². The number of unbranched alkanes of at least 4 members (excludes halogenated alkanes) is 2. The number of hydrogen-bond acceptors (Lipinski definition) is 17. The van der Waals surface area contributed by atoms with Crippen molar-refractivity contribution in [3.05, 3.63) is 0 Å². The third kappa shape index (κ3) is 18.9. The predicted octanol–water partition coefficient (Wildman–Crippen LogP) is -3.16. The highest BCUT2D eigenvalue weighted by Crippen LogP contribution is 2.28. The largest absolute Gasteiger partial charge is 0.480 e. The van der Waals surface area contributed by atoms with Crippen molar-refractivity contribution in [2.75, 3.05) is 51.6 Å². The van der Waals surface area contributed by atoms with Crippen molar-refractivity contribution in [3.8, 4) is 0 Å². The summed E-state index contributed by atoms with van der Waals surface area (Å²) in [6, 6.07) is -12.9. The number of nitrogens with two attached hydrogens (primary N) is 2. The summed E-state index contributed by atoms with van der Waals surface area (Å²) in [5.74, 6) is -9.41. The zero-order valence-electron chi connectivity index (χ0n) is 48.3. The van der Waals surface area contributed by atoms with E-state index in [1.54, 1.807) is 27.7 Å². The number of hydrogen-bond donors (Lipinski definition) is 14. The van der Waals surface area contributed by atoms with Crippen LogP contribution in [-0.2, 0) is 52.7 Å². The van der Waals surface area contributed by atoms with Gasteiger partial charge in [0.05, 0.1) is 18.8 Å². The Labute approximate surface area is 486 Å². The number of nitrogens with zero attached hydrogens (tertiary/aromatic N) is 3. The molecule has 0 radical (unpaired) electrons. The van der Waals surface area contributed by atoms with Crippen LogP contribution in [0.25, 0.3) is 0 Å². The van der Waals surface area contributed by atoms with E-state index >= 15 is 0 Å². The molecule has 464 valence electrons. The molecule has 0 aromatic rings. The van der Waals surface area contributed by atoms with Gasteiger partial charge in [-0.1, -0.05) is 40.5 Å². The molecule has 4 rings (SSSR count). The van der Waals surface area contributed by atoms with Crippen LogP contribution in [0.2, 0.25) is 0 Å². The van der Waals surface area contributed by atoms with Gasteiger partial charge in [-0.2, -0.15) is 12.6 Å². The van der Waals surface area contributed by atoms with Gasteiger partial charge in [0.25, 0.3) is 0 Å². The molecule has 4 saturated heterocycles. The first-order valence-corrected chi connectivity index (χ1v) is 30.0. The average Bonchev–Trinajstić information content (AvgIpc) is 4.49. The molecule has 27 nitrogen and oxygen atoms in total. The van der Waals surface area contributed by atoms with Crippen LogP contribution >= 0.6 is 12.6 Å². The van der Waals surface area contributed by atoms with Crippen molar-refractivity contribution >= 4 is 77.7 Å². The fourth-order valence-corrected chi connectivity index (χ4v) is 11.1. The summed E-state index contributed by atoms with van der Waals surface area (Å²) in [6.45, 7) is 9.24. The number of carbonyl (C=O) groups is 11. The van der Waals surface area contributed by atoms with Gasteiger partial charge >= 0.3 is 5.97 Å². The Morgan fingerprint density at radius 1 is 0.549 bits per heavy atom. The summed E-state index contributed by atoms with van der Waals surface area (Å²) in [4.78, 5) is 155. The fourth-order valence-electron chi connectivity index (χ4n) is 10.9. The lowest BCUT2D eigenvalue weighted by molar-refractivity contribution is -0.149. The number of amides is 10. The number of carboxylic acids is 1. The molecule has 4 heterocycles. The van der Waals surface area contributed by atoms with Crippen LogP contribution in [0.3, 0.4) is 0 Å². The van der Waals surface area contributed by atoms with Gasteiger partial charge in [-0.05, 0) is 128 Å². The summed E-state index contributed by atoms with van der Waals surface area (Å²) in [7, 11) is 0. The Balaban J connectivity index is 1.44. The molecule has 0 aromatic carbocycles. The molecule has 14 atom stereocenters. The Bertz CT molecular complexity index is 2210. The smallest absolute Gasteiger partial charge is 0.326 e. The van der Waals surface area contributed by atoms with Crippen LogP contribution < -0.4 is 54.0 Å². The topological polar surface area (TPSA) is 406 Å². The number of thiol groups is 1. The first kappa shape index (κ1) is 68.8. The lowest BCUT2D eigenvalue weighted by atomic mass is 9.96. The highest BCUT2D eigenvalue weighted by Gasteiger charge is 2.46. The number of likely N-dealkylation sites (tertiary alicyclic amines) is 3. The van der Waals surface area contributed by atoms with Crippen LogP contribution in [0.5, 0.6) is 0 Å². The lowest BCUT2D eigenvalue weighted by Crippen LogP contribution is -2.62. The highest BCUT2D eigenvalue weighted by atomic mass is 32.1. The molecule has 0 spiro atoms. The van der Waals surface area contributed by atoms with Crippen molar-refractivity contribution in [2.45, 2.75) is 210 Å². The first-order chi connectivity index (χ1) is 39.1. The molecule has 0 unspecified atom stereocenters. The minimum Gasteiger partial charge on any atom is -0.480 e. The molecule has 0 aliphatic carbocycles. The molecule has 4 aliphatic heterocycles. The minimum absolute atomic E-state index is 0.0538. The van der Waals surface area contributed by atoms with Crippen molar-refractivity contribution < 1.29 is 68.1 Å². The number of rotatable bonds is 33. The van der Waals surface area contributed by atoms with E-state index in [-0.39, 0.29) is 68.9 Å². The molecule has 82 heavy (non-hydrogen) atoms. The Hall–Kier alpha value is -5.68. The summed E-state index contributed by atoms with van der Waals surface area (Å²) in [6.07, 6.45) is 4.99. The first-order valence-electron chi connectivity index (χ1n) is 29.4. The molecule has 4 aliphatic rings. The third-order valence-electron chi connectivity index (χ3n) is 16.3. The molecule has 0 aromatic heterocycles. The van der Waals surface area contributed by atoms with E-state index in [1.165, 1.54) is 21.6 Å². The molecule has 0 saturated carbocycles. The second kappa shape index (κ2) is 34.2. The standard InChI is InChI=1S/C54H93N13O14S/c1-6-30(3)41(53(79)67-27-15-21-40(67)52(78)66-26-14-20-39(66)49(75)63-42(54(80)81)31(4)7-2)62-46(72)36(28-68)60-44(70)34(17-9-11-23-56)59-50(76)43(32(5)69)64-47(73)37(29-82)61-45(71)33(16-8-10-22-55)58-48(74)38-19-13-25-65(38)51(77)35-18-12-24-57-35/h30-43,57,68-69,82H,6-29,55-56H2,1-5H3,(H,58,74)(H,59,76)(H,60,70)(H,61,71)(H,62,72)(H,63,75)(H,64,73)(H,80,81)/t30-,31-,32+,33-,34-,35-,36-,37-,38-,39-,40-,41-,42-,43-/m0/s1. The number of carboxylic acid groups (broad SMARTS) is 1. The van der Waals surface area contributed by atoms with Crippen LogP contribution in [0.1, 0.15) is 137 Å².